The molecule has 0 bridgehead atoms. The molecule has 0 radical (unpaired) electrons. The van der Waals surface area contributed by atoms with E-state index in [-0.39, 0.29) is 11.3 Å². The number of carbonyl (C=O) groups excluding carboxylic acids is 2. The fraction of sp³-hybridized carbons (Fsp3) is 0.429. The number of benzene rings is 1. The third-order valence-corrected chi connectivity index (χ3v) is 3.46. The number of nitrogens with two attached hydrogens (primary N) is 2. The molecule has 1 atom stereocenters. The van der Waals surface area contributed by atoms with Crippen LogP contribution >= 0.6 is 11.8 Å². The molecule has 0 fully saturated rings. The molecule has 1 rings (SSSR count). The van der Waals surface area contributed by atoms with Gasteiger partial charge in [0.1, 0.15) is 10.9 Å². The molecular formula is C14H20N2O3S. The van der Waals surface area contributed by atoms with Crippen LogP contribution in [-0.2, 0) is 9.53 Å². The average Bonchev–Trinajstić information content (AvgIpc) is 2.29. The number of amides is 1. The second-order valence-electron chi connectivity index (χ2n) is 5.32. The minimum Gasteiger partial charge on any atom is -0.459 e. The van der Waals surface area contributed by atoms with Gasteiger partial charge in [-0.25, -0.2) is 0 Å². The molecule has 0 aliphatic heterocycles. The van der Waals surface area contributed by atoms with Crippen LogP contribution < -0.4 is 11.5 Å². The van der Waals surface area contributed by atoms with Gasteiger partial charge in [-0.2, -0.15) is 0 Å². The van der Waals surface area contributed by atoms with E-state index in [9.17, 15) is 9.59 Å². The fourth-order valence-corrected chi connectivity index (χ4v) is 2.43. The van der Waals surface area contributed by atoms with Crippen molar-refractivity contribution in [1.29, 1.82) is 0 Å². The number of rotatable bonds is 4. The third-order valence-electron chi connectivity index (χ3n) is 2.54. The first-order valence-electron chi connectivity index (χ1n) is 6.11. The highest BCUT2D eigenvalue weighted by Gasteiger charge is 2.28. The van der Waals surface area contributed by atoms with Crippen LogP contribution in [0.15, 0.2) is 18.2 Å². The van der Waals surface area contributed by atoms with Crippen LogP contribution in [0.4, 0.5) is 5.69 Å². The van der Waals surface area contributed by atoms with E-state index in [2.05, 4.69) is 0 Å². The molecule has 0 spiro atoms. The molecule has 1 unspecified atom stereocenters. The van der Waals surface area contributed by atoms with Crippen LogP contribution in [0.5, 0.6) is 0 Å². The van der Waals surface area contributed by atoms with Crippen LogP contribution in [0.3, 0.4) is 0 Å². The zero-order valence-corrected chi connectivity index (χ0v) is 12.9. The van der Waals surface area contributed by atoms with E-state index in [1.807, 2.05) is 0 Å². The Morgan fingerprint density at radius 3 is 2.35 bits per heavy atom. The molecule has 5 nitrogen and oxygen atoms in total. The standard InChI is InChI=1S/C14H20N2O3S/c1-14(2,3)19-13(18)11(20-4)8-6-5-7-9(10(8)15)12(16)17/h5-7,11H,15H2,1-4H3,(H2,16,17). The van der Waals surface area contributed by atoms with E-state index in [1.165, 1.54) is 17.8 Å². The van der Waals surface area contributed by atoms with E-state index in [0.717, 1.165) is 0 Å². The summed E-state index contributed by atoms with van der Waals surface area (Å²) >= 11 is 1.30. The number of ether oxygens (including phenoxy) is 1. The van der Waals surface area contributed by atoms with Crippen LogP contribution in [0.1, 0.15) is 41.9 Å². The van der Waals surface area contributed by atoms with Crippen molar-refractivity contribution in [2.75, 3.05) is 12.0 Å². The highest BCUT2D eigenvalue weighted by molar-refractivity contribution is 7.99. The second-order valence-corrected chi connectivity index (χ2v) is 6.26. The lowest BCUT2D eigenvalue weighted by molar-refractivity contribution is -0.154. The summed E-state index contributed by atoms with van der Waals surface area (Å²) in [5, 5.41) is -0.589. The predicted molar refractivity (Wildman–Crippen MR) is 81.5 cm³/mol. The van der Waals surface area contributed by atoms with Crippen LogP contribution in [0.25, 0.3) is 0 Å². The lowest BCUT2D eigenvalue weighted by atomic mass is 10.0. The van der Waals surface area contributed by atoms with Gasteiger partial charge in [0.2, 0.25) is 0 Å². The molecule has 1 aromatic carbocycles. The summed E-state index contributed by atoms with van der Waals surface area (Å²) in [5.74, 6) is -1.01. The molecule has 0 heterocycles. The van der Waals surface area contributed by atoms with Gasteiger partial charge in [-0.05, 0) is 38.7 Å². The lowest BCUT2D eigenvalue weighted by Gasteiger charge is -2.24. The van der Waals surface area contributed by atoms with E-state index >= 15 is 0 Å². The molecule has 110 valence electrons. The van der Waals surface area contributed by atoms with Gasteiger partial charge >= 0.3 is 5.97 Å². The number of anilines is 1. The molecule has 20 heavy (non-hydrogen) atoms. The van der Waals surface area contributed by atoms with Gasteiger partial charge in [0, 0.05) is 5.69 Å². The number of nitrogen functional groups attached to an aromatic ring is 1. The van der Waals surface area contributed by atoms with Crippen LogP contribution in [-0.4, -0.2) is 23.7 Å². The first-order valence-corrected chi connectivity index (χ1v) is 7.40. The summed E-state index contributed by atoms with van der Waals surface area (Å²) < 4.78 is 5.37. The highest BCUT2D eigenvalue weighted by atomic mass is 32.2. The van der Waals surface area contributed by atoms with Gasteiger partial charge < -0.3 is 16.2 Å². The zero-order chi connectivity index (χ0) is 15.5. The molecule has 0 aliphatic carbocycles. The summed E-state index contributed by atoms with van der Waals surface area (Å²) in [6.45, 7) is 5.39. The van der Waals surface area contributed by atoms with E-state index in [0.29, 0.717) is 5.56 Å². The molecule has 4 N–H and O–H groups in total. The number of para-hydroxylation sites is 1. The van der Waals surface area contributed by atoms with Gasteiger partial charge in [0.05, 0.1) is 5.56 Å². The summed E-state index contributed by atoms with van der Waals surface area (Å²) in [7, 11) is 0. The monoisotopic (exact) mass is 296 g/mol. The number of primary amides is 1. The van der Waals surface area contributed by atoms with Crippen molar-refractivity contribution in [2.45, 2.75) is 31.6 Å². The van der Waals surface area contributed by atoms with Gasteiger partial charge in [0.25, 0.3) is 5.91 Å². The summed E-state index contributed by atoms with van der Waals surface area (Å²) in [5.41, 5.74) is 11.6. The Hall–Kier alpha value is -1.69. The lowest BCUT2D eigenvalue weighted by Crippen LogP contribution is -2.27. The maximum absolute atomic E-state index is 12.2. The predicted octanol–water partition coefficient (Wildman–Crippen LogP) is 2.11. The molecular weight excluding hydrogens is 276 g/mol. The largest absolute Gasteiger partial charge is 0.459 e. The van der Waals surface area contributed by atoms with Crippen molar-refractivity contribution in [3.8, 4) is 0 Å². The van der Waals surface area contributed by atoms with E-state index in [1.54, 1.807) is 39.2 Å². The highest BCUT2D eigenvalue weighted by Crippen LogP contribution is 2.34. The van der Waals surface area contributed by atoms with Crippen molar-refractivity contribution in [3.63, 3.8) is 0 Å². The normalized spacial score (nSPS) is 12.8. The average molecular weight is 296 g/mol. The molecule has 6 heteroatoms. The van der Waals surface area contributed by atoms with Crippen molar-refractivity contribution in [3.05, 3.63) is 29.3 Å². The second kappa shape index (κ2) is 6.17. The Balaban J connectivity index is 3.16. The molecule has 0 saturated heterocycles. The Bertz CT molecular complexity index is 524. The minimum absolute atomic E-state index is 0.213. The van der Waals surface area contributed by atoms with Crippen molar-refractivity contribution < 1.29 is 14.3 Å². The van der Waals surface area contributed by atoms with Gasteiger partial charge in [-0.15, -0.1) is 11.8 Å². The summed E-state index contributed by atoms with van der Waals surface area (Å²) in [6, 6.07) is 4.89. The Morgan fingerprint density at radius 1 is 1.30 bits per heavy atom. The molecule has 0 saturated carbocycles. The smallest absolute Gasteiger partial charge is 0.324 e. The number of hydrogen-bond acceptors (Lipinski definition) is 5. The van der Waals surface area contributed by atoms with Crippen LogP contribution in [0, 0.1) is 0 Å². The quantitative estimate of drug-likeness (QED) is 0.655. The third kappa shape index (κ3) is 3.90. The minimum atomic E-state index is -0.617. The van der Waals surface area contributed by atoms with Crippen molar-refractivity contribution >= 4 is 29.3 Å². The van der Waals surface area contributed by atoms with Gasteiger partial charge in [0.15, 0.2) is 0 Å². The fourth-order valence-electron chi connectivity index (χ4n) is 1.73. The summed E-state index contributed by atoms with van der Waals surface area (Å²) in [6.07, 6.45) is 1.78. The number of carbonyl (C=O) groups is 2. The van der Waals surface area contributed by atoms with E-state index in [4.69, 9.17) is 16.2 Å². The SMILES string of the molecule is CSC(C(=O)OC(C)(C)C)c1cccc(C(N)=O)c1N. The zero-order valence-electron chi connectivity index (χ0n) is 12.1. The van der Waals surface area contributed by atoms with Crippen molar-refractivity contribution in [2.24, 2.45) is 5.73 Å². The van der Waals surface area contributed by atoms with E-state index < -0.39 is 22.7 Å². The van der Waals surface area contributed by atoms with Gasteiger partial charge in [-0.1, -0.05) is 12.1 Å². The molecule has 0 aliphatic rings. The topological polar surface area (TPSA) is 95.4 Å². The maximum atomic E-state index is 12.2. The van der Waals surface area contributed by atoms with Crippen molar-refractivity contribution in [1.82, 2.24) is 0 Å². The molecule has 1 amide bonds. The Morgan fingerprint density at radius 2 is 1.90 bits per heavy atom. The number of hydrogen-bond donors (Lipinski definition) is 2. The molecule has 0 aromatic heterocycles. The maximum Gasteiger partial charge on any atom is 0.324 e. The first-order chi connectivity index (χ1) is 9.17. The molecule has 1 aromatic rings. The Kier molecular flexibility index (Phi) is 5.05. The first kappa shape index (κ1) is 16.4. The number of esters is 1. The van der Waals surface area contributed by atoms with Gasteiger partial charge in [-0.3, -0.25) is 9.59 Å². The number of thioether (sulfide) groups is 1. The Labute approximate surface area is 123 Å². The van der Waals surface area contributed by atoms with Crippen LogP contribution in [0.2, 0.25) is 0 Å². The summed E-state index contributed by atoms with van der Waals surface area (Å²) in [4.78, 5) is 23.5.